The summed E-state index contributed by atoms with van der Waals surface area (Å²) in [5.74, 6) is -0.837. The molecule has 0 spiro atoms. The Morgan fingerprint density at radius 3 is 1.30 bits per heavy atom. The molecule has 0 aromatic carbocycles. The molecule has 1 N–H and O–H groups in total. The van der Waals surface area contributed by atoms with Crippen molar-refractivity contribution in [1.29, 1.82) is 0 Å². The lowest BCUT2D eigenvalue weighted by Crippen LogP contribution is -2.37. The molecule has 0 saturated carbocycles. The molecule has 378 valence electrons. The molecular formula is C56H97NO8P+. The zero-order valence-electron chi connectivity index (χ0n) is 42.6. The largest absolute Gasteiger partial charge is 0.472 e. The van der Waals surface area contributed by atoms with E-state index in [-0.39, 0.29) is 32.0 Å². The number of carbonyl (C=O) groups is 2. The van der Waals surface area contributed by atoms with Crippen LogP contribution in [-0.2, 0) is 32.7 Å². The van der Waals surface area contributed by atoms with Crippen molar-refractivity contribution in [3.63, 3.8) is 0 Å². The van der Waals surface area contributed by atoms with Crippen molar-refractivity contribution >= 4 is 19.8 Å². The number of esters is 2. The number of nitrogens with zero attached hydrogens (tertiary/aromatic N) is 1. The van der Waals surface area contributed by atoms with Crippen LogP contribution in [0.25, 0.3) is 0 Å². The first-order valence-electron chi connectivity index (χ1n) is 26.0. The van der Waals surface area contributed by atoms with Crippen LogP contribution < -0.4 is 0 Å². The number of hydrogen-bond donors (Lipinski definition) is 1. The Morgan fingerprint density at radius 2 is 0.864 bits per heavy atom. The summed E-state index contributed by atoms with van der Waals surface area (Å²) in [6, 6.07) is 0. The van der Waals surface area contributed by atoms with E-state index in [1.165, 1.54) is 44.9 Å². The van der Waals surface area contributed by atoms with Gasteiger partial charge in [0.2, 0.25) is 0 Å². The van der Waals surface area contributed by atoms with Crippen molar-refractivity contribution in [3.05, 3.63) is 97.2 Å². The van der Waals surface area contributed by atoms with Gasteiger partial charge in [-0.25, -0.2) is 4.57 Å². The standard InChI is InChI=1S/C56H96NO8P/c1-6-8-10-12-14-16-18-20-22-23-24-25-26-27-28-29-30-31-32-33-35-37-39-41-43-45-47-49-56(59)65-54(53-64-66(60,61)63-51-50-57(3,4)5)52-62-55(58)48-46-44-42-40-38-36-34-21-19-17-15-13-11-9-7-2/h8,10,14,16,20-22,24-25,27-28,30-31,33-35,54H,6-7,9,11-13,15,17-19,23,26,29,32,36-53H2,1-5H3/p+1/b10-8-,16-14-,22-20-,25-24-,28-27-,31-30-,34-21-,35-33-. The van der Waals surface area contributed by atoms with E-state index in [0.717, 1.165) is 116 Å². The lowest BCUT2D eigenvalue weighted by atomic mass is 10.1. The van der Waals surface area contributed by atoms with Crippen LogP contribution in [-0.4, -0.2) is 74.9 Å². The summed E-state index contributed by atoms with van der Waals surface area (Å²) in [5, 5.41) is 0. The van der Waals surface area contributed by atoms with E-state index in [4.69, 9.17) is 18.5 Å². The van der Waals surface area contributed by atoms with Gasteiger partial charge in [-0.05, 0) is 96.3 Å². The molecule has 0 rings (SSSR count). The Kier molecular flexibility index (Phi) is 44.8. The summed E-state index contributed by atoms with van der Waals surface area (Å²) >= 11 is 0. The zero-order chi connectivity index (χ0) is 48.5. The number of phosphoric ester groups is 1. The third kappa shape index (κ3) is 50.3. The zero-order valence-corrected chi connectivity index (χ0v) is 43.5. The average molecular weight is 943 g/mol. The van der Waals surface area contributed by atoms with Gasteiger partial charge in [-0.15, -0.1) is 0 Å². The van der Waals surface area contributed by atoms with Gasteiger partial charge in [-0.1, -0.05) is 182 Å². The molecule has 0 aliphatic heterocycles. The molecule has 2 unspecified atom stereocenters. The predicted molar refractivity (Wildman–Crippen MR) is 279 cm³/mol. The van der Waals surface area contributed by atoms with Gasteiger partial charge >= 0.3 is 19.8 Å². The highest BCUT2D eigenvalue weighted by Crippen LogP contribution is 2.43. The van der Waals surface area contributed by atoms with E-state index in [0.29, 0.717) is 17.4 Å². The Labute approximate surface area is 404 Å². The van der Waals surface area contributed by atoms with E-state index >= 15 is 0 Å². The van der Waals surface area contributed by atoms with Crippen LogP contribution >= 0.6 is 7.82 Å². The number of rotatable bonds is 46. The molecule has 0 aliphatic rings. The van der Waals surface area contributed by atoms with Crippen LogP contribution in [0, 0.1) is 0 Å². The minimum Gasteiger partial charge on any atom is -0.462 e. The van der Waals surface area contributed by atoms with Crippen molar-refractivity contribution in [2.24, 2.45) is 0 Å². The Morgan fingerprint density at radius 1 is 0.485 bits per heavy atom. The fraction of sp³-hybridized carbons (Fsp3) is 0.679. The summed E-state index contributed by atoms with van der Waals surface area (Å²) in [5.41, 5.74) is 0. The van der Waals surface area contributed by atoms with E-state index in [9.17, 15) is 19.0 Å². The molecule has 10 heteroatoms. The first kappa shape index (κ1) is 62.9. The second kappa shape index (κ2) is 47.0. The number of ether oxygens (including phenoxy) is 2. The van der Waals surface area contributed by atoms with Gasteiger partial charge in [0.05, 0.1) is 27.7 Å². The van der Waals surface area contributed by atoms with E-state index in [1.54, 1.807) is 0 Å². The van der Waals surface area contributed by atoms with Crippen LogP contribution in [0.1, 0.15) is 194 Å². The molecule has 66 heavy (non-hydrogen) atoms. The summed E-state index contributed by atoms with van der Waals surface area (Å²) in [4.78, 5) is 35.5. The Balaban J connectivity index is 4.32. The molecule has 0 aromatic rings. The van der Waals surface area contributed by atoms with Crippen LogP contribution in [0.15, 0.2) is 97.2 Å². The van der Waals surface area contributed by atoms with Crippen LogP contribution in [0.2, 0.25) is 0 Å². The van der Waals surface area contributed by atoms with Crippen LogP contribution in [0.5, 0.6) is 0 Å². The van der Waals surface area contributed by atoms with Gasteiger partial charge in [0.25, 0.3) is 0 Å². The summed E-state index contributed by atoms with van der Waals surface area (Å²) in [6.45, 7) is 4.26. The molecule has 0 heterocycles. The molecule has 0 aliphatic carbocycles. The van der Waals surface area contributed by atoms with Gasteiger partial charge in [-0.3, -0.25) is 18.6 Å². The van der Waals surface area contributed by atoms with Gasteiger partial charge in [0.15, 0.2) is 6.10 Å². The fourth-order valence-corrected chi connectivity index (χ4v) is 7.32. The molecule has 0 amide bonds. The highest BCUT2D eigenvalue weighted by Gasteiger charge is 2.27. The molecular weight excluding hydrogens is 846 g/mol. The Hall–Kier alpha value is -3.07. The van der Waals surface area contributed by atoms with Crippen molar-refractivity contribution in [3.8, 4) is 0 Å². The van der Waals surface area contributed by atoms with Crippen LogP contribution in [0.3, 0.4) is 0 Å². The Bertz CT molecular complexity index is 1440. The lowest BCUT2D eigenvalue weighted by Gasteiger charge is -2.24. The van der Waals surface area contributed by atoms with Gasteiger partial charge in [0.1, 0.15) is 19.8 Å². The third-order valence-electron chi connectivity index (χ3n) is 10.6. The maximum absolute atomic E-state index is 12.8. The highest BCUT2D eigenvalue weighted by molar-refractivity contribution is 7.47. The minimum atomic E-state index is -4.39. The average Bonchev–Trinajstić information content (AvgIpc) is 3.27. The number of quaternary nitrogens is 1. The van der Waals surface area contributed by atoms with E-state index in [2.05, 4.69) is 111 Å². The van der Waals surface area contributed by atoms with E-state index < -0.39 is 26.5 Å². The molecule has 9 nitrogen and oxygen atoms in total. The van der Waals surface area contributed by atoms with E-state index in [1.807, 2.05) is 21.1 Å². The number of carbonyl (C=O) groups excluding carboxylic acids is 2. The molecule has 0 bridgehead atoms. The molecule has 0 fully saturated rings. The quantitative estimate of drug-likeness (QED) is 0.0211. The van der Waals surface area contributed by atoms with Crippen molar-refractivity contribution in [1.82, 2.24) is 0 Å². The van der Waals surface area contributed by atoms with Gasteiger partial charge in [-0.2, -0.15) is 0 Å². The third-order valence-corrected chi connectivity index (χ3v) is 11.6. The SMILES string of the molecule is CC/C=C\C/C=C\C/C=C\C/C=C\C/C=C\C/C=C\C/C=C\CCCCCCCC(=O)OC(COC(=O)CCCCCCC/C=C\CCCCCCCC)COP(=O)(O)OCC[N+](C)(C)C. The summed E-state index contributed by atoms with van der Waals surface area (Å²) < 4.78 is 34.4. The first-order valence-corrected chi connectivity index (χ1v) is 27.5. The lowest BCUT2D eigenvalue weighted by molar-refractivity contribution is -0.870. The second-order valence-electron chi connectivity index (χ2n) is 18.2. The number of hydrogen-bond acceptors (Lipinski definition) is 7. The number of likely N-dealkylation sites (N-methyl/N-ethyl adjacent to an activating group) is 1. The topological polar surface area (TPSA) is 108 Å². The number of phosphoric acid groups is 1. The molecule has 0 aromatic heterocycles. The second-order valence-corrected chi connectivity index (χ2v) is 19.6. The number of allylic oxidation sites excluding steroid dienone is 16. The van der Waals surface area contributed by atoms with Gasteiger partial charge < -0.3 is 18.9 Å². The maximum Gasteiger partial charge on any atom is 0.472 e. The van der Waals surface area contributed by atoms with Crippen molar-refractivity contribution in [2.45, 2.75) is 200 Å². The van der Waals surface area contributed by atoms with Crippen molar-refractivity contribution < 1.29 is 42.1 Å². The van der Waals surface area contributed by atoms with Crippen molar-refractivity contribution in [2.75, 3.05) is 47.5 Å². The molecule has 0 radical (unpaired) electrons. The molecule has 2 atom stereocenters. The van der Waals surface area contributed by atoms with Gasteiger partial charge in [0, 0.05) is 12.8 Å². The number of unbranched alkanes of at least 4 members (excludes halogenated alkanes) is 16. The predicted octanol–water partition coefficient (Wildman–Crippen LogP) is 15.7. The smallest absolute Gasteiger partial charge is 0.462 e. The summed E-state index contributed by atoms with van der Waals surface area (Å²) in [7, 11) is 1.44. The first-order chi connectivity index (χ1) is 32.0. The summed E-state index contributed by atoms with van der Waals surface area (Å²) in [6.07, 6.45) is 63.2. The normalized spacial score (nSPS) is 14.2. The minimum absolute atomic E-state index is 0.0211. The van der Waals surface area contributed by atoms with Crippen LogP contribution in [0.4, 0.5) is 0 Å². The molecule has 0 saturated heterocycles. The monoisotopic (exact) mass is 943 g/mol. The fourth-order valence-electron chi connectivity index (χ4n) is 6.58. The highest BCUT2D eigenvalue weighted by atomic mass is 31.2. The maximum atomic E-state index is 12.8.